The minimum absolute atomic E-state index is 0.0553. The van der Waals surface area contributed by atoms with Gasteiger partial charge in [-0.3, -0.25) is 14.3 Å². The quantitative estimate of drug-likeness (QED) is 0.534. The molecule has 1 saturated heterocycles. The molecule has 0 bridgehead atoms. The lowest BCUT2D eigenvalue weighted by Gasteiger charge is -2.14. The van der Waals surface area contributed by atoms with Crippen LogP contribution >= 0.6 is 11.6 Å². The number of halogens is 1. The summed E-state index contributed by atoms with van der Waals surface area (Å²) in [6.07, 6.45) is 8.98. The van der Waals surface area contributed by atoms with Crippen LogP contribution in [0.15, 0.2) is 41.7 Å². The number of pyridine rings is 1. The highest BCUT2D eigenvalue weighted by atomic mass is 35.5. The summed E-state index contributed by atoms with van der Waals surface area (Å²) in [5.74, 6) is 0. The maximum atomic E-state index is 13.2. The molecule has 0 amide bonds. The van der Waals surface area contributed by atoms with E-state index in [4.69, 9.17) is 21.7 Å². The summed E-state index contributed by atoms with van der Waals surface area (Å²) < 4.78 is 7.30. The van der Waals surface area contributed by atoms with Gasteiger partial charge in [0, 0.05) is 37.8 Å². The number of aromatic nitrogens is 3. The van der Waals surface area contributed by atoms with Crippen molar-refractivity contribution in [3.8, 4) is 0 Å². The molecule has 1 aromatic carbocycles. The van der Waals surface area contributed by atoms with Gasteiger partial charge in [-0.25, -0.2) is 4.98 Å². The first kappa shape index (κ1) is 22.2. The second kappa shape index (κ2) is 9.63. The van der Waals surface area contributed by atoms with E-state index >= 15 is 0 Å². The van der Waals surface area contributed by atoms with E-state index in [1.807, 2.05) is 25.1 Å². The van der Waals surface area contributed by atoms with Gasteiger partial charge in [0.15, 0.2) is 0 Å². The molecule has 3 aromatic rings. The molecule has 0 radical (unpaired) electrons. The van der Waals surface area contributed by atoms with E-state index in [9.17, 15) is 4.79 Å². The predicted molar refractivity (Wildman–Crippen MR) is 128 cm³/mol. The average molecular weight is 452 g/mol. The Morgan fingerprint density at radius 2 is 2.25 bits per heavy atom. The van der Waals surface area contributed by atoms with Gasteiger partial charge >= 0.3 is 0 Å². The summed E-state index contributed by atoms with van der Waals surface area (Å²) in [4.78, 5) is 22.1. The molecule has 0 saturated carbocycles. The molecule has 166 valence electrons. The van der Waals surface area contributed by atoms with Gasteiger partial charge in [-0.05, 0) is 55.0 Å². The average Bonchev–Trinajstić information content (AvgIpc) is 3.31. The molecule has 1 aliphatic heterocycles. The fraction of sp³-hybridized carbons (Fsp3) is 0.333. The van der Waals surface area contributed by atoms with Gasteiger partial charge in [0.2, 0.25) is 0 Å². The van der Waals surface area contributed by atoms with Crippen LogP contribution in [-0.2, 0) is 17.7 Å². The minimum atomic E-state index is -0.102. The lowest BCUT2D eigenvalue weighted by molar-refractivity contribution is 0.0960. The van der Waals surface area contributed by atoms with Gasteiger partial charge in [0.1, 0.15) is 0 Å². The Bertz CT molecular complexity index is 1230. The maximum absolute atomic E-state index is 13.2. The molecule has 0 spiro atoms. The number of nitrogens with one attached hydrogen (secondary N) is 2. The van der Waals surface area contributed by atoms with Crippen LogP contribution in [0.1, 0.15) is 35.2 Å². The summed E-state index contributed by atoms with van der Waals surface area (Å²) in [5.41, 5.74) is 4.70. The molecule has 1 atom stereocenters. The van der Waals surface area contributed by atoms with Gasteiger partial charge in [0.25, 0.3) is 5.56 Å². The minimum Gasteiger partial charge on any atom is -0.393 e. The standard InChI is InChI=1S/C24H26ClN5O2/c1-15-17(8-16-5-6-21(28-11-16)18(10-26)12-27-2)9-20-23(22(15)25)29-14-30(24(20)31)13-19-4-3-7-32-19/h5-6,9-12,14,19,26-27H,3-4,7-8,13H2,1-2H3/b18-12+,26-10?. The Hall–Kier alpha value is -3.03. The first-order valence-corrected chi connectivity index (χ1v) is 11.0. The SMILES string of the molecule is CN/C=C(\C=N)c1ccc(Cc2cc3c(=O)n(CC4CCCO4)cnc3c(Cl)c2C)cn1. The fourth-order valence-corrected chi connectivity index (χ4v) is 4.27. The zero-order valence-corrected chi connectivity index (χ0v) is 18.9. The van der Waals surface area contributed by atoms with E-state index in [1.54, 1.807) is 30.3 Å². The molecular weight excluding hydrogens is 426 g/mol. The molecule has 4 rings (SSSR count). The van der Waals surface area contributed by atoms with E-state index in [2.05, 4.69) is 15.3 Å². The van der Waals surface area contributed by atoms with E-state index < -0.39 is 0 Å². The van der Waals surface area contributed by atoms with Crippen LogP contribution in [0.25, 0.3) is 16.5 Å². The second-order valence-corrected chi connectivity index (χ2v) is 8.35. The van der Waals surface area contributed by atoms with Crippen molar-refractivity contribution in [2.24, 2.45) is 0 Å². The number of hydrogen-bond donors (Lipinski definition) is 2. The highest BCUT2D eigenvalue weighted by molar-refractivity contribution is 6.35. The van der Waals surface area contributed by atoms with Crippen LogP contribution in [0, 0.1) is 12.3 Å². The number of nitrogens with zero attached hydrogens (tertiary/aromatic N) is 3. The van der Waals surface area contributed by atoms with Gasteiger partial charge in [-0.1, -0.05) is 17.7 Å². The third-order valence-corrected chi connectivity index (χ3v) is 6.27. The van der Waals surface area contributed by atoms with E-state index in [0.717, 1.165) is 36.1 Å². The van der Waals surface area contributed by atoms with Crippen molar-refractivity contribution >= 4 is 34.3 Å². The number of allylic oxidation sites excluding steroid dienone is 1. The third kappa shape index (κ3) is 4.45. The Kier molecular flexibility index (Phi) is 6.67. The van der Waals surface area contributed by atoms with Crippen LogP contribution < -0.4 is 10.9 Å². The smallest absolute Gasteiger partial charge is 0.261 e. The van der Waals surface area contributed by atoms with Gasteiger partial charge in [-0.15, -0.1) is 0 Å². The predicted octanol–water partition coefficient (Wildman–Crippen LogP) is 3.73. The van der Waals surface area contributed by atoms with Crippen LogP contribution in [0.3, 0.4) is 0 Å². The highest BCUT2D eigenvalue weighted by Gasteiger charge is 2.19. The zero-order chi connectivity index (χ0) is 22.7. The van der Waals surface area contributed by atoms with Crippen LogP contribution in [0.2, 0.25) is 5.02 Å². The van der Waals surface area contributed by atoms with Crippen LogP contribution in [0.5, 0.6) is 0 Å². The fourth-order valence-electron chi connectivity index (χ4n) is 4.00. The van der Waals surface area contributed by atoms with Crippen molar-refractivity contribution in [3.05, 3.63) is 74.7 Å². The summed E-state index contributed by atoms with van der Waals surface area (Å²) in [7, 11) is 1.79. The van der Waals surface area contributed by atoms with Crippen molar-refractivity contribution < 1.29 is 4.74 Å². The number of rotatable bonds is 7. The first-order chi connectivity index (χ1) is 15.5. The molecule has 1 fully saturated rings. The van der Waals surface area contributed by atoms with E-state index in [1.165, 1.54) is 6.21 Å². The largest absolute Gasteiger partial charge is 0.393 e. The monoisotopic (exact) mass is 451 g/mol. The molecular formula is C24H26ClN5O2. The topological polar surface area (TPSA) is 92.9 Å². The Morgan fingerprint density at radius 1 is 1.41 bits per heavy atom. The molecule has 0 aliphatic carbocycles. The van der Waals surface area contributed by atoms with Crippen molar-refractivity contribution in [3.63, 3.8) is 0 Å². The Morgan fingerprint density at radius 3 is 2.91 bits per heavy atom. The molecule has 2 aromatic heterocycles. The summed E-state index contributed by atoms with van der Waals surface area (Å²) in [6, 6.07) is 5.76. The van der Waals surface area contributed by atoms with Crippen molar-refractivity contribution in [1.82, 2.24) is 19.9 Å². The van der Waals surface area contributed by atoms with E-state index in [0.29, 0.717) is 40.2 Å². The molecule has 32 heavy (non-hydrogen) atoms. The van der Waals surface area contributed by atoms with Gasteiger partial charge in [-0.2, -0.15) is 0 Å². The second-order valence-electron chi connectivity index (χ2n) is 7.97. The molecule has 3 heterocycles. The highest BCUT2D eigenvalue weighted by Crippen LogP contribution is 2.28. The van der Waals surface area contributed by atoms with Gasteiger partial charge < -0.3 is 15.5 Å². The van der Waals surface area contributed by atoms with Gasteiger partial charge in [0.05, 0.1) is 40.6 Å². The van der Waals surface area contributed by atoms with Crippen LogP contribution in [-0.4, -0.2) is 40.5 Å². The molecule has 7 nitrogen and oxygen atoms in total. The maximum Gasteiger partial charge on any atom is 0.261 e. The van der Waals surface area contributed by atoms with Crippen molar-refractivity contribution in [2.75, 3.05) is 13.7 Å². The Balaban J connectivity index is 1.67. The first-order valence-electron chi connectivity index (χ1n) is 10.6. The van der Waals surface area contributed by atoms with Crippen LogP contribution in [0.4, 0.5) is 0 Å². The number of ether oxygens (including phenoxy) is 1. The normalized spacial score (nSPS) is 16.5. The molecule has 1 unspecified atom stereocenters. The number of benzene rings is 1. The lowest BCUT2D eigenvalue weighted by atomic mass is 9.99. The number of hydrogen-bond acceptors (Lipinski definition) is 6. The van der Waals surface area contributed by atoms with Crippen molar-refractivity contribution in [1.29, 1.82) is 5.41 Å². The molecule has 8 heteroatoms. The summed E-state index contributed by atoms with van der Waals surface area (Å²) in [6.45, 7) is 3.19. The Labute approximate surface area is 191 Å². The molecule has 1 aliphatic rings. The van der Waals surface area contributed by atoms with E-state index in [-0.39, 0.29) is 11.7 Å². The third-order valence-electron chi connectivity index (χ3n) is 5.80. The van der Waals surface area contributed by atoms with Crippen molar-refractivity contribution in [2.45, 2.75) is 38.8 Å². The number of fused-ring (bicyclic) bond motifs is 1. The summed E-state index contributed by atoms with van der Waals surface area (Å²) in [5, 5.41) is 11.5. The summed E-state index contributed by atoms with van der Waals surface area (Å²) >= 11 is 6.62. The molecule has 2 N–H and O–H groups in total. The zero-order valence-electron chi connectivity index (χ0n) is 18.2. The lowest BCUT2D eigenvalue weighted by Crippen LogP contribution is -2.27.